The lowest BCUT2D eigenvalue weighted by molar-refractivity contribution is 0.0844. The van der Waals surface area contributed by atoms with Gasteiger partial charge < -0.3 is 0 Å². The molecule has 0 saturated carbocycles. The third-order valence-electron chi connectivity index (χ3n) is 2.58. The second-order valence-corrected chi connectivity index (χ2v) is 4.42. The van der Waals surface area contributed by atoms with Crippen LogP contribution < -0.4 is 10.9 Å². The molecule has 0 unspecified atom stereocenters. The summed E-state index contributed by atoms with van der Waals surface area (Å²) in [6.45, 7) is 0. The summed E-state index contributed by atoms with van der Waals surface area (Å²) in [4.78, 5) is 23.4. The summed E-state index contributed by atoms with van der Waals surface area (Å²) in [5, 5.41) is 0.196. The predicted molar refractivity (Wildman–Crippen MR) is 72.7 cm³/mol. The third kappa shape index (κ3) is 3.55. The zero-order valence-corrected chi connectivity index (χ0v) is 11.2. The summed E-state index contributed by atoms with van der Waals surface area (Å²) >= 11 is 5.81. The zero-order valence-electron chi connectivity index (χ0n) is 10.5. The largest absolute Gasteiger partial charge is 0.272 e. The van der Waals surface area contributed by atoms with Gasteiger partial charge in [-0.1, -0.05) is 23.7 Å². The van der Waals surface area contributed by atoms with Crippen LogP contribution in [0.25, 0.3) is 0 Å². The first-order chi connectivity index (χ1) is 9.99. The summed E-state index contributed by atoms with van der Waals surface area (Å²) in [6.07, 6.45) is 0. The van der Waals surface area contributed by atoms with Gasteiger partial charge in [-0.3, -0.25) is 20.4 Å². The van der Waals surface area contributed by atoms with E-state index in [1.165, 1.54) is 12.1 Å². The molecule has 0 aliphatic carbocycles. The van der Waals surface area contributed by atoms with Crippen molar-refractivity contribution in [1.29, 1.82) is 0 Å². The van der Waals surface area contributed by atoms with E-state index in [9.17, 15) is 18.4 Å². The molecule has 2 N–H and O–H groups in total. The van der Waals surface area contributed by atoms with E-state index in [0.29, 0.717) is 0 Å². The van der Waals surface area contributed by atoms with Crippen LogP contribution in [-0.2, 0) is 0 Å². The lowest BCUT2D eigenvalue weighted by Gasteiger charge is -2.09. The van der Waals surface area contributed by atoms with Crippen LogP contribution in [0.15, 0.2) is 42.5 Å². The molecule has 2 rings (SSSR count). The summed E-state index contributed by atoms with van der Waals surface area (Å²) in [5.74, 6) is -3.32. The van der Waals surface area contributed by atoms with Crippen molar-refractivity contribution in [2.75, 3.05) is 0 Å². The van der Waals surface area contributed by atoms with Gasteiger partial charge in [-0.2, -0.15) is 0 Å². The van der Waals surface area contributed by atoms with Crippen molar-refractivity contribution in [1.82, 2.24) is 10.9 Å². The number of nitrogens with one attached hydrogen (secondary N) is 2. The average Bonchev–Trinajstić information content (AvgIpc) is 2.47. The Hall–Kier alpha value is -2.47. The molecule has 108 valence electrons. The molecule has 2 aromatic rings. The van der Waals surface area contributed by atoms with E-state index < -0.39 is 29.0 Å². The molecular weight excluding hydrogens is 302 g/mol. The summed E-state index contributed by atoms with van der Waals surface area (Å²) in [5.41, 5.74) is 3.68. The standard InChI is InChI=1S/C14H9ClF2N2O2/c15-11-4-2-1-3-9(11)13(20)18-19-14(21)10-7-8(16)5-6-12(10)17/h1-7H,(H,18,20)(H,19,21). The van der Waals surface area contributed by atoms with Crippen LogP contribution in [0, 0.1) is 11.6 Å². The SMILES string of the molecule is O=C(NNC(=O)c1ccccc1Cl)c1cc(F)ccc1F. The van der Waals surface area contributed by atoms with Gasteiger partial charge in [0.1, 0.15) is 11.6 Å². The zero-order chi connectivity index (χ0) is 15.4. The van der Waals surface area contributed by atoms with Gasteiger partial charge in [0.2, 0.25) is 0 Å². The average molecular weight is 311 g/mol. The highest BCUT2D eigenvalue weighted by atomic mass is 35.5. The first-order valence-electron chi connectivity index (χ1n) is 5.79. The van der Waals surface area contributed by atoms with Crippen molar-refractivity contribution >= 4 is 23.4 Å². The topological polar surface area (TPSA) is 58.2 Å². The van der Waals surface area contributed by atoms with Crippen LogP contribution in [0.1, 0.15) is 20.7 Å². The summed E-state index contributed by atoms with van der Waals surface area (Å²) < 4.78 is 26.3. The molecule has 4 nitrogen and oxygen atoms in total. The molecule has 0 saturated heterocycles. The molecule has 0 aliphatic heterocycles. The van der Waals surface area contributed by atoms with Crippen molar-refractivity contribution in [2.24, 2.45) is 0 Å². The van der Waals surface area contributed by atoms with E-state index in [4.69, 9.17) is 11.6 Å². The number of rotatable bonds is 2. The van der Waals surface area contributed by atoms with Crippen molar-refractivity contribution in [3.8, 4) is 0 Å². The van der Waals surface area contributed by atoms with Crippen LogP contribution in [0.2, 0.25) is 5.02 Å². The Morgan fingerprint density at radius 1 is 0.905 bits per heavy atom. The van der Waals surface area contributed by atoms with Crippen LogP contribution >= 0.6 is 11.6 Å². The molecular formula is C14H9ClF2N2O2. The van der Waals surface area contributed by atoms with E-state index in [1.807, 2.05) is 5.43 Å². The van der Waals surface area contributed by atoms with Gasteiger partial charge in [-0.05, 0) is 30.3 Å². The van der Waals surface area contributed by atoms with Crippen LogP contribution in [0.5, 0.6) is 0 Å². The van der Waals surface area contributed by atoms with Gasteiger partial charge in [-0.15, -0.1) is 0 Å². The quantitative estimate of drug-likeness (QED) is 0.838. The normalized spacial score (nSPS) is 10.0. The van der Waals surface area contributed by atoms with Gasteiger partial charge >= 0.3 is 0 Å². The summed E-state index contributed by atoms with van der Waals surface area (Å²) in [6, 6.07) is 8.62. The molecule has 0 fully saturated rings. The van der Waals surface area contributed by atoms with Crippen LogP contribution in [0.3, 0.4) is 0 Å². The molecule has 2 aromatic carbocycles. The van der Waals surface area contributed by atoms with Crippen LogP contribution in [0.4, 0.5) is 8.78 Å². The highest BCUT2D eigenvalue weighted by Gasteiger charge is 2.15. The van der Waals surface area contributed by atoms with Gasteiger partial charge in [0, 0.05) is 0 Å². The number of hydrazine groups is 1. The van der Waals surface area contributed by atoms with Crippen molar-refractivity contribution in [2.45, 2.75) is 0 Å². The van der Waals surface area contributed by atoms with E-state index >= 15 is 0 Å². The number of hydrogen-bond donors (Lipinski definition) is 2. The Kier molecular flexibility index (Phi) is 4.49. The minimum atomic E-state index is -0.979. The smallest absolute Gasteiger partial charge is 0.267 e. The molecule has 0 heterocycles. The maximum Gasteiger partial charge on any atom is 0.272 e. The maximum absolute atomic E-state index is 13.4. The van der Waals surface area contributed by atoms with Gasteiger partial charge in [0.25, 0.3) is 11.8 Å². The van der Waals surface area contributed by atoms with E-state index in [1.54, 1.807) is 12.1 Å². The van der Waals surface area contributed by atoms with Gasteiger partial charge in [0.05, 0.1) is 16.1 Å². The van der Waals surface area contributed by atoms with Crippen molar-refractivity contribution in [3.63, 3.8) is 0 Å². The minimum Gasteiger partial charge on any atom is -0.267 e. The molecule has 0 aromatic heterocycles. The fourth-order valence-electron chi connectivity index (χ4n) is 1.57. The monoisotopic (exact) mass is 310 g/mol. The summed E-state index contributed by atoms with van der Waals surface area (Å²) in [7, 11) is 0. The number of carbonyl (C=O) groups excluding carboxylic acids is 2. The molecule has 0 bridgehead atoms. The maximum atomic E-state index is 13.4. The third-order valence-corrected chi connectivity index (χ3v) is 2.91. The first-order valence-corrected chi connectivity index (χ1v) is 6.17. The molecule has 0 aliphatic rings. The Balaban J connectivity index is 2.06. The molecule has 7 heteroatoms. The lowest BCUT2D eigenvalue weighted by atomic mass is 10.2. The number of amides is 2. The highest BCUT2D eigenvalue weighted by molar-refractivity contribution is 6.33. The number of halogens is 3. The predicted octanol–water partition coefficient (Wildman–Crippen LogP) is 2.69. The number of hydrogen-bond acceptors (Lipinski definition) is 2. The fraction of sp³-hybridized carbons (Fsp3) is 0. The Morgan fingerprint density at radius 2 is 1.52 bits per heavy atom. The molecule has 21 heavy (non-hydrogen) atoms. The van der Waals surface area contributed by atoms with E-state index in [-0.39, 0.29) is 10.6 Å². The van der Waals surface area contributed by atoms with Gasteiger partial charge in [0.15, 0.2) is 0 Å². The van der Waals surface area contributed by atoms with E-state index in [0.717, 1.165) is 18.2 Å². The Bertz CT molecular complexity index is 707. The second kappa shape index (κ2) is 6.32. The number of carbonyl (C=O) groups is 2. The highest BCUT2D eigenvalue weighted by Crippen LogP contribution is 2.14. The van der Waals surface area contributed by atoms with E-state index in [2.05, 4.69) is 5.43 Å². The van der Waals surface area contributed by atoms with Crippen molar-refractivity contribution < 1.29 is 18.4 Å². The second-order valence-electron chi connectivity index (χ2n) is 4.01. The molecule has 0 radical (unpaired) electrons. The lowest BCUT2D eigenvalue weighted by Crippen LogP contribution is -2.42. The fourth-order valence-corrected chi connectivity index (χ4v) is 1.79. The first kappa shape index (κ1) is 14.9. The van der Waals surface area contributed by atoms with Gasteiger partial charge in [-0.25, -0.2) is 8.78 Å². The van der Waals surface area contributed by atoms with Crippen LogP contribution in [-0.4, -0.2) is 11.8 Å². The minimum absolute atomic E-state index is 0.138. The molecule has 2 amide bonds. The number of benzene rings is 2. The van der Waals surface area contributed by atoms with Crippen molar-refractivity contribution in [3.05, 3.63) is 70.2 Å². The Morgan fingerprint density at radius 3 is 2.19 bits per heavy atom. The Labute approximate surface area is 123 Å². The molecule has 0 atom stereocenters. The molecule has 0 spiro atoms.